The maximum absolute atomic E-state index is 11.9. The minimum absolute atomic E-state index is 0.150. The molecule has 0 fully saturated rings. The van der Waals surface area contributed by atoms with Crippen molar-refractivity contribution in [3.63, 3.8) is 0 Å². The van der Waals surface area contributed by atoms with E-state index in [1.165, 1.54) is 12.1 Å². The van der Waals surface area contributed by atoms with E-state index in [0.29, 0.717) is 10.7 Å². The lowest BCUT2D eigenvalue weighted by Gasteiger charge is -2.00. The van der Waals surface area contributed by atoms with Gasteiger partial charge in [-0.25, -0.2) is 0 Å². The Morgan fingerprint density at radius 3 is 2.47 bits per heavy atom. The predicted molar refractivity (Wildman–Crippen MR) is 59.6 cm³/mol. The number of rotatable bonds is 4. The van der Waals surface area contributed by atoms with Crippen molar-refractivity contribution in [2.45, 2.75) is 10.6 Å². The molecule has 1 aromatic heterocycles. The Morgan fingerprint density at radius 1 is 1.18 bits per heavy atom. The summed E-state index contributed by atoms with van der Waals surface area (Å²) in [5.41, 5.74) is 0. The van der Waals surface area contributed by atoms with E-state index in [1.54, 1.807) is 24.3 Å². The molecular weight excluding hydrogens is 240 g/mol. The van der Waals surface area contributed by atoms with E-state index in [1.807, 2.05) is 6.07 Å². The highest BCUT2D eigenvalue weighted by Crippen LogP contribution is 2.14. The third kappa shape index (κ3) is 2.82. The fourth-order valence-electron chi connectivity index (χ4n) is 1.35. The largest absolute Gasteiger partial charge is 0.542 e. The van der Waals surface area contributed by atoms with Gasteiger partial charge in [-0.2, -0.15) is 0 Å². The van der Waals surface area contributed by atoms with Crippen LogP contribution >= 0.6 is 0 Å². The second kappa shape index (κ2) is 4.97. The van der Waals surface area contributed by atoms with Crippen molar-refractivity contribution in [2.75, 3.05) is 0 Å². The Morgan fingerprint density at radius 2 is 1.88 bits per heavy atom. The molecule has 1 unspecified atom stereocenters. The molecule has 0 saturated carbocycles. The van der Waals surface area contributed by atoms with Gasteiger partial charge in [0.15, 0.2) is 0 Å². The minimum Gasteiger partial charge on any atom is -0.542 e. The Bertz CT molecular complexity index is 545. The maximum atomic E-state index is 11.9. The van der Waals surface area contributed by atoms with E-state index >= 15 is 0 Å². The molecule has 0 N–H and O–H groups in total. The van der Waals surface area contributed by atoms with Crippen LogP contribution in [0.15, 0.2) is 51.8 Å². The van der Waals surface area contributed by atoms with Crippen LogP contribution in [-0.4, -0.2) is 10.2 Å². The molecule has 0 bridgehead atoms. The van der Waals surface area contributed by atoms with E-state index in [0.717, 1.165) is 0 Å². The van der Waals surface area contributed by atoms with Gasteiger partial charge < -0.3 is 14.3 Å². The molecule has 0 aliphatic rings. The van der Waals surface area contributed by atoms with E-state index in [-0.39, 0.29) is 11.5 Å². The summed E-state index contributed by atoms with van der Waals surface area (Å²) in [6.45, 7) is 0. The minimum atomic E-state index is -1.37. The number of carboxylic acid groups (broad SMARTS) is 1. The van der Waals surface area contributed by atoms with E-state index in [4.69, 9.17) is 4.42 Å². The molecule has 0 radical (unpaired) electrons. The molecule has 0 amide bonds. The third-order valence-corrected chi connectivity index (χ3v) is 3.49. The number of benzene rings is 1. The number of hydrogen-bond acceptors (Lipinski definition) is 4. The van der Waals surface area contributed by atoms with Gasteiger partial charge in [0.1, 0.15) is 17.5 Å². The molecule has 0 spiro atoms. The SMILES string of the molecule is O=C([O-])c1ccc(CS(=O)c2ccccc2)o1. The summed E-state index contributed by atoms with van der Waals surface area (Å²) in [6, 6.07) is 11.7. The predicted octanol–water partition coefficient (Wildman–Crippen LogP) is 0.951. The fraction of sp³-hybridized carbons (Fsp3) is 0.0833. The number of carboxylic acids is 1. The molecule has 1 aromatic carbocycles. The number of carbonyl (C=O) groups excluding carboxylic acids is 1. The molecule has 2 aromatic rings. The molecule has 0 aliphatic carbocycles. The van der Waals surface area contributed by atoms with Gasteiger partial charge in [-0.15, -0.1) is 0 Å². The first-order chi connectivity index (χ1) is 8.16. The second-order valence-electron chi connectivity index (χ2n) is 3.36. The Balaban J connectivity index is 2.11. The zero-order chi connectivity index (χ0) is 12.3. The lowest BCUT2D eigenvalue weighted by atomic mass is 10.4. The van der Waals surface area contributed by atoms with Gasteiger partial charge in [-0.1, -0.05) is 18.2 Å². The quantitative estimate of drug-likeness (QED) is 0.809. The summed E-state index contributed by atoms with van der Waals surface area (Å²) in [6.07, 6.45) is 0. The molecular formula is C12H9O4S-. The fourth-order valence-corrected chi connectivity index (χ4v) is 2.39. The van der Waals surface area contributed by atoms with Crippen molar-refractivity contribution >= 4 is 16.8 Å². The monoisotopic (exact) mass is 249 g/mol. The Labute approximate surface area is 100 Å². The van der Waals surface area contributed by atoms with Gasteiger partial charge in [0.2, 0.25) is 0 Å². The first-order valence-electron chi connectivity index (χ1n) is 4.90. The van der Waals surface area contributed by atoms with Crippen LogP contribution in [0.3, 0.4) is 0 Å². The third-order valence-electron chi connectivity index (χ3n) is 2.14. The van der Waals surface area contributed by atoms with Crippen LogP contribution in [0, 0.1) is 0 Å². The molecule has 0 saturated heterocycles. The molecule has 2 rings (SSSR count). The zero-order valence-electron chi connectivity index (χ0n) is 8.79. The first kappa shape index (κ1) is 11.6. The number of furan rings is 1. The molecule has 1 heterocycles. The smallest absolute Gasteiger partial charge is 0.149 e. The molecule has 4 nitrogen and oxygen atoms in total. The van der Waals surface area contributed by atoms with Crippen molar-refractivity contribution < 1.29 is 18.5 Å². The summed E-state index contributed by atoms with van der Waals surface area (Å²) in [5, 5.41) is 10.5. The summed E-state index contributed by atoms with van der Waals surface area (Å²) in [4.78, 5) is 11.2. The van der Waals surface area contributed by atoms with Crippen molar-refractivity contribution in [1.29, 1.82) is 0 Å². The van der Waals surface area contributed by atoms with Gasteiger partial charge in [0, 0.05) is 4.90 Å². The highest BCUT2D eigenvalue weighted by molar-refractivity contribution is 7.84. The number of carbonyl (C=O) groups is 1. The number of hydrogen-bond donors (Lipinski definition) is 0. The highest BCUT2D eigenvalue weighted by atomic mass is 32.2. The Kier molecular flexibility index (Phi) is 3.39. The summed E-state index contributed by atoms with van der Waals surface area (Å²) < 4.78 is 16.9. The van der Waals surface area contributed by atoms with Crippen molar-refractivity contribution in [3.8, 4) is 0 Å². The van der Waals surface area contributed by atoms with Crippen LogP contribution in [0.25, 0.3) is 0 Å². The first-order valence-corrected chi connectivity index (χ1v) is 6.22. The molecule has 5 heteroatoms. The lowest BCUT2D eigenvalue weighted by molar-refractivity contribution is -0.257. The topological polar surface area (TPSA) is 70.3 Å². The lowest BCUT2D eigenvalue weighted by Crippen LogP contribution is -2.21. The zero-order valence-corrected chi connectivity index (χ0v) is 9.61. The van der Waals surface area contributed by atoms with Gasteiger partial charge in [-0.05, 0) is 24.3 Å². The summed E-state index contributed by atoms with van der Waals surface area (Å²) in [7, 11) is -1.24. The van der Waals surface area contributed by atoms with Crippen LogP contribution in [0.5, 0.6) is 0 Å². The normalized spacial score (nSPS) is 12.2. The van der Waals surface area contributed by atoms with Crippen molar-refractivity contribution in [1.82, 2.24) is 0 Å². The van der Waals surface area contributed by atoms with Gasteiger partial charge in [0.05, 0.1) is 16.6 Å². The second-order valence-corrected chi connectivity index (χ2v) is 4.81. The van der Waals surface area contributed by atoms with Crippen molar-refractivity contribution in [3.05, 3.63) is 54.0 Å². The highest BCUT2D eigenvalue weighted by Gasteiger charge is 2.08. The van der Waals surface area contributed by atoms with E-state index in [9.17, 15) is 14.1 Å². The molecule has 17 heavy (non-hydrogen) atoms. The van der Waals surface area contributed by atoms with Gasteiger partial charge in [-0.3, -0.25) is 4.21 Å². The molecule has 88 valence electrons. The van der Waals surface area contributed by atoms with Crippen LogP contribution in [-0.2, 0) is 16.6 Å². The summed E-state index contributed by atoms with van der Waals surface area (Å²) in [5.74, 6) is -1.10. The molecule has 0 aliphatic heterocycles. The maximum Gasteiger partial charge on any atom is 0.149 e. The summed E-state index contributed by atoms with van der Waals surface area (Å²) >= 11 is 0. The van der Waals surface area contributed by atoms with Crippen LogP contribution in [0.2, 0.25) is 0 Å². The van der Waals surface area contributed by atoms with Crippen LogP contribution < -0.4 is 5.11 Å². The average molecular weight is 249 g/mol. The van der Waals surface area contributed by atoms with Crippen molar-refractivity contribution in [2.24, 2.45) is 0 Å². The van der Waals surface area contributed by atoms with E-state index in [2.05, 4.69) is 0 Å². The van der Waals surface area contributed by atoms with Crippen LogP contribution in [0.1, 0.15) is 16.3 Å². The Hall–Kier alpha value is -1.88. The average Bonchev–Trinajstić information content (AvgIpc) is 2.79. The van der Waals surface area contributed by atoms with E-state index < -0.39 is 16.8 Å². The number of aromatic carboxylic acids is 1. The van der Waals surface area contributed by atoms with Gasteiger partial charge >= 0.3 is 0 Å². The molecule has 1 atom stereocenters. The standard InChI is InChI=1S/C12H10O4S/c13-12(14)11-7-6-9(16-11)8-17(15)10-4-2-1-3-5-10/h1-7H,8H2,(H,13,14)/p-1. The van der Waals surface area contributed by atoms with Gasteiger partial charge in [0.25, 0.3) is 0 Å². The van der Waals surface area contributed by atoms with Crippen LogP contribution in [0.4, 0.5) is 0 Å².